The summed E-state index contributed by atoms with van der Waals surface area (Å²) in [6.45, 7) is 4.26. The Bertz CT molecular complexity index is 521. The van der Waals surface area contributed by atoms with Gasteiger partial charge in [0.1, 0.15) is 0 Å². The molecule has 0 aromatic rings. The number of likely N-dealkylation sites (N-methyl/N-ethyl adjacent to an activating group) is 2. The van der Waals surface area contributed by atoms with E-state index >= 15 is 0 Å². The lowest BCUT2D eigenvalue weighted by Gasteiger charge is -2.32. The normalized spacial score (nSPS) is 12.3. The molecule has 0 N–H and O–H groups in total. The molecule has 0 heterocycles. The first-order chi connectivity index (χ1) is 13.6. The van der Waals surface area contributed by atoms with E-state index in [0.717, 1.165) is 19.4 Å². The van der Waals surface area contributed by atoms with E-state index in [2.05, 4.69) is 6.92 Å². The third kappa shape index (κ3) is 19.1. The molecule has 0 saturated carbocycles. The fourth-order valence-corrected chi connectivity index (χ4v) is 3.94. The Labute approximate surface area is 180 Å². The second-order valence-corrected chi connectivity index (χ2v) is 10.6. The molecule has 1 amide bonds. The summed E-state index contributed by atoms with van der Waals surface area (Å²) in [7, 11) is 1.69. The Kier molecular flexibility index (Phi) is 15.7. The first-order valence-electron chi connectivity index (χ1n) is 11.6. The first-order valence-corrected chi connectivity index (χ1v) is 13.1. The number of quaternary nitrogens is 1. The molecule has 0 radical (unpaired) electrons. The van der Waals surface area contributed by atoms with E-state index in [9.17, 15) is 17.8 Å². The Hall–Kier alpha value is -0.660. The smallest absolute Gasteiger partial charge is 0.222 e. The van der Waals surface area contributed by atoms with Gasteiger partial charge in [0, 0.05) is 25.6 Å². The maximum absolute atomic E-state index is 12.3. The molecule has 0 aliphatic rings. The SMILES string of the molecule is CCCCCCCCCCCCCC(=O)N(C)CC[N+](C)(C)CCCS(=O)(=O)[O-]. The van der Waals surface area contributed by atoms with Crippen molar-refractivity contribution in [3.63, 3.8) is 0 Å². The number of unbranched alkanes of at least 4 members (excludes halogenated alkanes) is 10. The molecule has 0 saturated heterocycles. The lowest BCUT2D eigenvalue weighted by Crippen LogP contribution is -2.46. The van der Waals surface area contributed by atoms with Crippen LogP contribution in [0.2, 0.25) is 0 Å². The lowest BCUT2D eigenvalue weighted by molar-refractivity contribution is -0.889. The number of nitrogens with zero attached hydrogens (tertiary/aromatic N) is 2. The highest BCUT2D eigenvalue weighted by Crippen LogP contribution is 2.12. The predicted molar refractivity (Wildman–Crippen MR) is 120 cm³/mol. The topological polar surface area (TPSA) is 77.5 Å². The monoisotopic (exact) mass is 434 g/mol. The molecular formula is C22H46N2O4S. The van der Waals surface area contributed by atoms with Crippen molar-refractivity contribution in [3.8, 4) is 0 Å². The molecule has 0 aromatic carbocycles. The van der Waals surface area contributed by atoms with Gasteiger partial charge in [0.15, 0.2) is 0 Å². The van der Waals surface area contributed by atoms with E-state index in [-0.39, 0.29) is 11.7 Å². The minimum absolute atomic E-state index is 0.183. The molecule has 174 valence electrons. The number of rotatable bonds is 19. The summed E-state index contributed by atoms with van der Waals surface area (Å²) in [5, 5.41) is 0. The minimum Gasteiger partial charge on any atom is -0.748 e. The summed E-state index contributed by atoms with van der Waals surface area (Å²) in [4.78, 5) is 14.0. The molecule has 0 aliphatic carbocycles. The molecule has 6 nitrogen and oxygen atoms in total. The number of hydrogen-bond acceptors (Lipinski definition) is 4. The largest absolute Gasteiger partial charge is 0.748 e. The summed E-state index contributed by atoms with van der Waals surface area (Å²) < 4.78 is 32.7. The van der Waals surface area contributed by atoms with Crippen molar-refractivity contribution in [2.45, 2.75) is 90.4 Å². The summed E-state index contributed by atoms with van der Waals surface area (Å²) in [6, 6.07) is 0. The third-order valence-corrected chi connectivity index (χ3v) is 6.41. The van der Waals surface area contributed by atoms with Crippen LogP contribution in [0.5, 0.6) is 0 Å². The van der Waals surface area contributed by atoms with Crippen LogP contribution in [0.4, 0.5) is 0 Å². The number of carbonyl (C=O) groups is 1. The second-order valence-electron chi connectivity index (χ2n) is 9.10. The van der Waals surface area contributed by atoms with E-state index in [1.54, 1.807) is 4.90 Å². The van der Waals surface area contributed by atoms with Crippen LogP contribution in [-0.4, -0.2) is 74.8 Å². The van der Waals surface area contributed by atoms with Crippen LogP contribution in [-0.2, 0) is 14.9 Å². The van der Waals surface area contributed by atoms with Gasteiger partial charge in [-0.15, -0.1) is 0 Å². The quantitative estimate of drug-likeness (QED) is 0.174. The van der Waals surface area contributed by atoms with Gasteiger partial charge in [0.2, 0.25) is 5.91 Å². The van der Waals surface area contributed by atoms with Crippen LogP contribution in [0.3, 0.4) is 0 Å². The summed E-state index contributed by atoms with van der Waals surface area (Å²) in [6.07, 6.45) is 15.0. The minimum atomic E-state index is -4.14. The first kappa shape index (κ1) is 28.3. The lowest BCUT2D eigenvalue weighted by atomic mass is 10.1. The van der Waals surface area contributed by atoms with Crippen LogP contribution >= 0.6 is 0 Å². The van der Waals surface area contributed by atoms with Gasteiger partial charge in [-0.3, -0.25) is 4.79 Å². The van der Waals surface area contributed by atoms with Gasteiger partial charge in [-0.2, -0.15) is 0 Å². The van der Waals surface area contributed by atoms with Crippen LogP contribution in [0, 0.1) is 0 Å². The molecule has 0 fully saturated rings. The van der Waals surface area contributed by atoms with Gasteiger partial charge < -0.3 is 13.9 Å². The van der Waals surface area contributed by atoms with Crippen LogP contribution in [0.1, 0.15) is 90.4 Å². The number of hydrogen-bond donors (Lipinski definition) is 0. The van der Waals surface area contributed by atoms with Crippen molar-refractivity contribution in [2.24, 2.45) is 0 Å². The maximum atomic E-state index is 12.3. The molecule has 7 heteroatoms. The molecule has 29 heavy (non-hydrogen) atoms. The second kappa shape index (κ2) is 16.1. The average Bonchev–Trinajstić information content (AvgIpc) is 2.62. The Morgan fingerprint density at radius 3 is 1.79 bits per heavy atom. The molecule has 0 aliphatic heterocycles. The molecule has 0 atom stereocenters. The van der Waals surface area contributed by atoms with E-state index in [1.807, 2.05) is 21.1 Å². The van der Waals surface area contributed by atoms with E-state index in [1.165, 1.54) is 57.8 Å². The van der Waals surface area contributed by atoms with Crippen molar-refractivity contribution in [1.29, 1.82) is 0 Å². The summed E-state index contributed by atoms with van der Waals surface area (Å²) in [5.41, 5.74) is 0. The Morgan fingerprint density at radius 1 is 0.828 bits per heavy atom. The predicted octanol–water partition coefficient (Wildman–Crippen LogP) is 4.16. The highest BCUT2D eigenvalue weighted by molar-refractivity contribution is 7.85. The van der Waals surface area contributed by atoms with Crippen molar-refractivity contribution in [1.82, 2.24) is 4.90 Å². The van der Waals surface area contributed by atoms with Gasteiger partial charge in [-0.25, -0.2) is 8.42 Å². The fourth-order valence-electron chi connectivity index (χ4n) is 3.46. The summed E-state index contributed by atoms with van der Waals surface area (Å²) >= 11 is 0. The highest BCUT2D eigenvalue weighted by Gasteiger charge is 2.18. The van der Waals surface area contributed by atoms with E-state index in [0.29, 0.717) is 30.4 Å². The Balaban J connectivity index is 3.71. The zero-order valence-corrected chi connectivity index (χ0v) is 20.3. The average molecular weight is 435 g/mol. The van der Waals surface area contributed by atoms with Gasteiger partial charge in [0.05, 0.1) is 43.8 Å². The fraction of sp³-hybridized carbons (Fsp3) is 0.955. The van der Waals surface area contributed by atoms with Gasteiger partial charge >= 0.3 is 0 Å². The van der Waals surface area contributed by atoms with Crippen molar-refractivity contribution in [3.05, 3.63) is 0 Å². The van der Waals surface area contributed by atoms with Crippen LogP contribution in [0.25, 0.3) is 0 Å². The van der Waals surface area contributed by atoms with Crippen LogP contribution in [0.15, 0.2) is 0 Å². The van der Waals surface area contributed by atoms with Gasteiger partial charge in [-0.05, 0) is 6.42 Å². The van der Waals surface area contributed by atoms with Crippen molar-refractivity contribution in [2.75, 3.05) is 46.5 Å². The molecule has 0 aromatic heterocycles. The Morgan fingerprint density at radius 2 is 1.31 bits per heavy atom. The molecule has 0 spiro atoms. The third-order valence-electron chi connectivity index (χ3n) is 5.62. The van der Waals surface area contributed by atoms with Crippen molar-refractivity contribution >= 4 is 16.0 Å². The summed E-state index contributed by atoms with van der Waals surface area (Å²) in [5.74, 6) is -0.134. The molecule has 0 rings (SSSR count). The van der Waals surface area contributed by atoms with Crippen LogP contribution < -0.4 is 0 Å². The zero-order chi connectivity index (χ0) is 22.2. The maximum Gasteiger partial charge on any atom is 0.222 e. The number of amides is 1. The number of carbonyl (C=O) groups excluding carboxylic acids is 1. The van der Waals surface area contributed by atoms with E-state index < -0.39 is 10.1 Å². The molecular weight excluding hydrogens is 388 g/mol. The van der Waals surface area contributed by atoms with Crippen molar-refractivity contribution < 1.29 is 22.2 Å². The molecule has 0 unspecified atom stereocenters. The van der Waals surface area contributed by atoms with Gasteiger partial charge in [-0.1, -0.05) is 71.1 Å². The highest BCUT2D eigenvalue weighted by atomic mass is 32.2. The zero-order valence-electron chi connectivity index (χ0n) is 19.5. The molecule has 0 bridgehead atoms. The van der Waals surface area contributed by atoms with Gasteiger partial charge in [0.25, 0.3) is 0 Å². The standard InChI is InChI=1S/C22H46N2O4S/c1-5-6-7-8-9-10-11-12-13-14-15-17-22(25)23(2)18-20-24(3,4)19-16-21-29(26,27)28/h5-21H2,1-4H3. The van der Waals surface area contributed by atoms with E-state index in [4.69, 9.17) is 0 Å².